The second-order valence-corrected chi connectivity index (χ2v) is 6.49. The van der Waals surface area contributed by atoms with Crippen LogP contribution in [0.5, 0.6) is 0 Å². The highest BCUT2D eigenvalue weighted by Gasteiger charge is 2.27. The molecule has 2 heterocycles. The van der Waals surface area contributed by atoms with Gasteiger partial charge in [-0.25, -0.2) is 0 Å². The van der Waals surface area contributed by atoms with Gasteiger partial charge in [0.1, 0.15) is 0 Å². The summed E-state index contributed by atoms with van der Waals surface area (Å²) in [6.07, 6.45) is 2.81. The van der Waals surface area contributed by atoms with Gasteiger partial charge in [-0.05, 0) is 36.1 Å². The molecule has 0 spiro atoms. The van der Waals surface area contributed by atoms with E-state index in [9.17, 15) is 0 Å². The second kappa shape index (κ2) is 6.69. The smallest absolute Gasteiger partial charge is 0.0613 e. The van der Waals surface area contributed by atoms with Gasteiger partial charge in [0, 0.05) is 24.1 Å². The van der Waals surface area contributed by atoms with Crippen LogP contribution in [0.2, 0.25) is 0 Å². The van der Waals surface area contributed by atoms with Gasteiger partial charge in [0.25, 0.3) is 0 Å². The standard InChI is InChI=1S/C15H25NOS/c1-4-13-12(7-8-17-13)10-16-15(11(2)3)14-6-5-9-18-14/h5-6,9,11-13,15-16H,4,7-8,10H2,1-3H3. The van der Waals surface area contributed by atoms with Crippen LogP contribution in [0, 0.1) is 11.8 Å². The maximum absolute atomic E-state index is 5.76. The van der Waals surface area contributed by atoms with E-state index >= 15 is 0 Å². The van der Waals surface area contributed by atoms with Gasteiger partial charge in [-0.3, -0.25) is 0 Å². The van der Waals surface area contributed by atoms with Crippen molar-refractivity contribution in [1.82, 2.24) is 5.32 Å². The Morgan fingerprint density at radius 2 is 2.33 bits per heavy atom. The molecule has 0 aromatic carbocycles. The van der Waals surface area contributed by atoms with E-state index in [1.807, 2.05) is 11.3 Å². The Morgan fingerprint density at radius 1 is 1.50 bits per heavy atom. The Hall–Kier alpha value is -0.380. The predicted octanol–water partition coefficient (Wildman–Crippen LogP) is 3.85. The van der Waals surface area contributed by atoms with E-state index in [1.54, 1.807) is 0 Å². The first-order valence-electron chi connectivity index (χ1n) is 7.10. The number of rotatable bonds is 6. The summed E-state index contributed by atoms with van der Waals surface area (Å²) >= 11 is 1.85. The Bertz CT molecular complexity index is 336. The number of nitrogens with one attached hydrogen (secondary N) is 1. The first-order chi connectivity index (χ1) is 8.72. The van der Waals surface area contributed by atoms with E-state index < -0.39 is 0 Å². The molecule has 18 heavy (non-hydrogen) atoms. The van der Waals surface area contributed by atoms with Crippen molar-refractivity contribution in [2.45, 2.75) is 45.8 Å². The molecule has 1 aliphatic heterocycles. The zero-order valence-electron chi connectivity index (χ0n) is 11.7. The van der Waals surface area contributed by atoms with Gasteiger partial charge >= 0.3 is 0 Å². The van der Waals surface area contributed by atoms with Crippen molar-refractivity contribution in [2.75, 3.05) is 13.2 Å². The molecular weight excluding hydrogens is 242 g/mol. The Kier molecular flexibility index (Phi) is 5.22. The average Bonchev–Trinajstić information content (AvgIpc) is 2.99. The monoisotopic (exact) mass is 267 g/mol. The molecule has 2 nitrogen and oxygen atoms in total. The molecule has 0 aliphatic carbocycles. The van der Waals surface area contributed by atoms with Crippen molar-refractivity contribution in [2.24, 2.45) is 11.8 Å². The van der Waals surface area contributed by atoms with Crippen LogP contribution in [0.3, 0.4) is 0 Å². The zero-order valence-corrected chi connectivity index (χ0v) is 12.5. The van der Waals surface area contributed by atoms with Gasteiger partial charge in [-0.1, -0.05) is 26.8 Å². The van der Waals surface area contributed by atoms with Gasteiger partial charge < -0.3 is 10.1 Å². The maximum Gasteiger partial charge on any atom is 0.0613 e. The Labute approximate surface area is 115 Å². The minimum absolute atomic E-state index is 0.466. The molecule has 0 amide bonds. The minimum Gasteiger partial charge on any atom is -0.378 e. The molecule has 0 saturated carbocycles. The lowest BCUT2D eigenvalue weighted by atomic mass is 9.97. The number of ether oxygens (including phenoxy) is 1. The van der Waals surface area contributed by atoms with Crippen molar-refractivity contribution in [3.63, 3.8) is 0 Å². The molecule has 1 fully saturated rings. The summed E-state index contributed by atoms with van der Waals surface area (Å²) in [6.45, 7) is 8.83. The molecule has 102 valence electrons. The van der Waals surface area contributed by atoms with Crippen molar-refractivity contribution < 1.29 is 4.74 Å². The largest absolute Gasteiger partial charge is 0.378 e. The van der Waals surface area contributed by atoms with E-state index in [1.165, 1.54) is 11.3 Å². The van der Waals surface area contributed by atoms with Crippen LogP contribution in [0.4, 0.5) is 0 Å². The number of hydrogen-bond acceptors (Lipinski definition) is 3. The SMILES string of the molecule is CCC1OCCC1CNC(c1cccs1)C(C)C. The van der Waals surface area contributed by atoms with Crippen molar-refractivity contribution in [3.8, 4) is 0 Å². The molecule has 2 rings (SSSR count). The molecule has 1 aliphatic rings. The van der Waals surface area contributed by atoms with E-state index in [2.05, 4.69) is 43.6 Å². The average molecular weight is 267 g/mol. The molecule has 0 radical (unpaired) electrons. The summed E-state index contributed by atoms with van der Waals surface area (Å²) in [6, 6.07) is 4.87. The van der Waals surface area contributed by atoms with Crippen LogP contribution in [-0.4, -0.2) is 19.3 Å². The lowest BCUT2D eigenvalue weighted by Gasteiger charge is -2.25. The fourth-order valence-corrected chi connectivity index (χ4v) is 3.76. The van der Waals surface area contributed by atoms with Gasteiger partial charge in [0.2, 0.25) is 0 Å². The molecule has 1 aromatic heterocycles. The van der Waals surface area contributed by atoms with Gasteiger partial charge in [-0.2, -0.15) is 0 Å². The summed E-state index contributed by atoms with van der Waals surface area (Å²) < 4.78 is 5.76. The summed E-state index contributed by atoms with van der Waals surface area (Å²) in [4.78, 5) is 1.46. The third-order valence-corrected chi connectivity index (χ3v) is 4.82. The fourth-order valence-electron chi connectivity index (χ4n) is 2.79. The van der Waals surface area contributed by atoms with Gasteiger partial charge in [0.05, 0.1) is 6.10 Å². The zero-order chi connectivity index (χ0) is 13.0. The first-order valence-corrected chi connectivity index (χ1v) is 7.98. The van der Waals surface area contributed by atoms with E-state index in [-0.39, 0.29) is 0 Å². The van der Waals surface area contributed by atoms with Crippen LogP contribution in [-0.2, 0) is 4.74 Å². The highest BCUT2D eigenvalue weighted by molar-refractivity contribution is 7.10. The van der Waals surface area contributed by atoms with Gasteiger partial charge in [0.15, 0.2) is 0 Å². The minimum atomic E-state index is 0.466. The van der Waals surface area contributed by atoms with Crippen LogP contribution in [0.25, 0.3) is 0 Å². The van der Waals surface area contributed by atoms with Crippen molar-refractivity contribution >= 4 is 11.3 Å². The summed E-state index contributed by atoms with van der Waals surface area (Å²) in [7, 11) is 0. The molecule has 1 aromatic rings. The molecule has 0 bridgehead atoms. The highest BCUT2D eigenvalue weighted by Crippen LogP contribution is 2.28. The Balaban J connectivity index is 1.90. The molecular formula is C15H25NOS. The molecule has 1 saturated heterocycles. The molecule has 3 heteroatoms. The Morgan fingerprint density at radius 3 is 2.94 bits per heavy atom. The quantitative estimate of drug-likeness (QED) is 0.845. The normalized spacial score (nSPS) is 25.8. The van der Waals surface area contributed by atoms with Gasteiger partial charge in [-0.15, -0.1) is 11.3 Å². The van der Waals surface area contributed by atoms with Crippen molar-refractivity contribution in [3.05, 3.63) is 22.4 Å². The fraction of sp³-hybridized carbons (Fsp3) is 0.733. The van der Waals surface area contributed by atoms with Crippen LogP contribution < -0.4 is 5.32 Å². The lowest BCUT2D eigenvalue weighted by Crippen LogP contribution is -2.33. The van der Waals surface area contributed by atoms with Crippen LogP contribution in [0.15, 0.2) is 17.5 Å². The predicted molar refractivity (Wildman–Crippen MR) is 78.0 cm³/mol. The molecule has 3 unspecified atom stereocenters. The van der Waals surface area contributed by atoms with E-state index in [0.29, 0.717) is 24.0 Å². The van der Waals surface area contributed by atoms with E-state index in [4.69, 9.17) is 4.74 Å². The van der Waals surface area contributed by atoms with Crippen LogP contribution >= 0.6 is 11.3 Å². The molecule has 3 atom stereocenters. The molecule has 1 N–H and O–H groups in total. The van der Waals surface area contributed by atoms with Crippen molar-refractivity contribution in [1.29, 1.82) is 0 Å². The van der Waals surface area contributed by atoms with Crippen LogP contribution in [0.1, 0.15) is 44.5 Å². The number of thiophene rings is 1. The second-order valence-electron chi connectivity index (χ2n) is 5.51. The highest BCUT2D eigenvalue weighted by atomic mass is 32.1. The summed E-state index contributed by atoms with van der Waals surface area (Å²) in [5, 5.41) is 5.92. The lowest BCUT2D eigenvalue weighted by molar-refractivity contribution is 0.0861. The number of hydrogen-bond donors (Lipinski definition) is 1. The third-order valence-electron chi connectivity index (χ3n) is 3.87. The summed E-state index contributed by atoms with van der Waals surface area (Å²) in [5.41, 5.74) is 0. The first kappa shape index (κ1) is 14.0. The summed E-state index contributed by atoms with van der Waals surface area (Å²) in [5.74, 6) is 1.32. The maximum atomic E-state index is 5.76. The topological polar surface area (TPSA) is 21.3 Å². The van der Waals surface area contributed by atoms with E-state index in [0.717, 1.165) is 19.6 Å². The third kappa shape index (κ3) is 3.34.